The Morgan fingerprint density at radius 3 is 3.10 bits per heavy atom. The third-order valence-electron chi connectivity index (χ3n) is 5.66. The van der Waals surface area contributed by atoms with Crippen LogP contribution in [0.4, 0.5) is 5.95 Å². The third kappa shape index (κ3) is 3.71. The summed E-state index contributed by atoms with van der Waals surface area (Å²) in [5.41, 5.74) is 7.14. The quantitative estimate of drug-likeness (QED) is 0.550. The molecule has 5 heterocycles. The van der Waals surface area contributed by atoms with Gasteiger partial charge in [0.05, 0.1) is 17.3 Å². The van der Waals surface area contributed by atoms with E-state index in [0.717, 1.165) is 41.6 Å². The van der Waals surface area contributed by atoms with E-state index in [1.54, 1.807) is 13.1 Å². The summed E-state index contributed by atoms with van der Waals surface area (Å²) in [6.07, 6.45) is 9.67. The molecule has 1 atom stereocenters. The molecule has 3 aromatic rings. The maximum Gasteiger partial charge on any atom is 0.294 e. The van der Waals surface area contributed by atoms with Gasteiger partial charge in [0.2, 0.25) is 5.95 Å². The summed E-state index contributed by atoms with van der Waals surface area (Å²) in [6.45, 7) is 4.86. The Balaban J connectivity index is 1.55. The van der Waals surface area contributed by atoms with Crippen LogP contribution in [0.15, 0.2) is 17.2 Å². The zero-order valence-corrected chi connectivity index (χ0v) is 18.2. The molecule has 2 aliphatic rings. The minimum atomic E-state index is -0.168. The number of anilines is 1. The predicted octanol–water partition coefficient (Wildman–Crippen LogP) is -0.508. The van der Waals surface area contributed by atoms with Crippen molar-refractivity contribution in [2.24, 2.45) is 5.73 Å². The fraction of sp³-hybridized carbons (Fsp3) is 0.429. The molecular weight excluding hydrogens is 412 g/mol. The number of aromatic nitrogens is 5. The first-order valence-corrected chi connectivity index (χ1v) is 11.1. The fourth-order valence-corrected chi connectivity index (χ4v) is 4.78. The Hall–Kier alpha value is -3.16. The van der Waals surface area contributed by atoms with Crippen LogP contribution in [-0.4, -0.2) is 54.3 Å². The van der Waals surface area contributed by atoms with Gasteiger partial charge >= 0.3 is 0 Å². The van der Waals surface area contributed by atoms with Crippen LogP contribution < -0.4 is 25.9 Å². The second-order valence-electron chi connectivity index (χ2n) is 7.85. The van der Waals surface area contributed by atoms with Crippen molar-refractivity contribution >= 4 is 40.8 Å². The van der Waals surface area contributed by atoms with Crippen LogP contribution in [0.2, 0.25) is 0 Å². The average Bonchev–Trinajstić information content (AvgIpc) is 3.38. The maximum absolute atomic E-state index is 13.4. The zero-order chi connectivity index (χ0) is 21.4. The first kappa shape index (κ1) is 19.8. The van der Waals surface area contributed by atoms with Gasteiger partial charge in [-0.1, -0.05) is 5.92 Å². The molecule has 0 unspecified atom stereocenters. The van der Waals surface area contributed by atoms with E-state index in [1.165, 1.54) is 16.2 Å². The van der Waals surface area contributed by atoms with Crippen LogP contribution in [0, 0.1) is 11.8 Å². The van der Waals surface area contributed by atoms with Crippen LogP contribution in [0.1, 0.15) is 19.8 Å². The molecule has 9 nitrogen and oxygen atoms in total. The second-order valence-corrected chi connectivity index (χ2v) is 8.68. The monoisotopic (exact) mass is 436 g/mol. The van der Waals surface area contributed by atoms with Crippen molar-refractivity contribution in [3.05, 3.63) is 32.5 Å². The molecule has 0 aromatic carbocycles. The van der Waals surface area contributed by atoms with Crippen molar-refractivity contribution in [3.63, 3.8) is 0 Å². The minimum Gasteiger partial charge on any atom is -0.354 e. The van der Waals surface area contributed by atoms with Gasteiger partial charge in [-0.15, -0.1) is 5.92 Å². The summed E-state index contributed by atoms with van der Waals surface area (Å²) in [7, 11) is 0. The van der Waals surface area contributed by atoms with E-state index in [0.29, 0.717) is 30.8 Å². The van der Waals surface area contributed by atoms with Gasteiger partial charge in [-0.3, -0.25) is 9.36 Å². The van der Waals surface area contributed by atoms with Gasteiger partial charge in [0, 0.05) is 43.3 Å². The highest BCUT2D eigenvalue weighted by Crippen LogP contribution is 2.23. The largest absolute Gasteiger partial charge is 0.354 e. The molecule has 0 spiro atoms. The summed E-state index contributed by atoms with van der Waals surface area (Å²) >= 11 is 1.48. The summed E-state index contributed by atoms with van der Waals surface area (Å²) in [6, 6.07) is 0.108. The SMILES string of the molecule is CC#CCn1c(N2CCC[C@@H](N)C2)nc2cnn(CN3C=c4cnsc4=CC3)c(=O)c21. The lowest BCUT2D eigenvalue weighted by molar-refractivity contribution is 0.337. The Morgan fingerprint density at radius 1 is 1.35 bits per heavy atom. The second kappa shape index (κ2) is 8.17. The molecule has 1 fully saturated rings. The summed E-state index contributed by atoms with van der Waals surface area (Å²) < 4.78 is 8.79. The zero-order valence-electron chi connectivity index (χ0n) is 17.4. The first-order chi connectivity index (χ1) is 15.1. The number of hydrogen-bond acceptors (Lipinski definition) is 8. The fourth-order valence-electron chi connectivity index (χ4n) is 4.14. The number of rotatable bonds is 4. The topological polar surface area (TPSA) is 98.1 Å². The maximum atomic E-state index is 13.4. The molecule has 1 saturated heterocycles. The van der Waals surface area contributed by atoms with Gasteiger partial charge in [0.1, 0.15) is 17.7 Å². The summed E-state index contributed by atoms with van der Waals surface area (Å²) in [5, 5.41) is 5.47. The summed E-state index contributed by atoms with van der Waals surface area (Å²) in [4.78, 5) is 22.4. The standard InChI is InChI=1S/C21H24N8OS/c1-2-3-8-28-19-17(25-21(28)27-7-4-5-16(22)13-27)11-23-29(20(19)30)14-26-9-6-18-15(12-26)10-24-31-18/h6,10-12,16H,4-5,7-9,13-14,22H2,1H3/t16-/m1/s1. The first-order valence-electron chi connectivity index (χ1n) is 10.4. The van der Waals surface area contributed by atoms with Crippen molar-refractivity contribution in [2.75, 3.05) is 24.5 Å². The smallest absolute Gasteiger partial charge is 0.294 e. The molecule has 2 aliphatic heterocycles. The van der Waals surface area contributed by atoms with Crippen molar-refractivity contribution in [3.8, 4) is 11.8 Å². The van der Waals surface area contributed by atoms with Gasteiger partial charge in [-0.05, 0) is 37.4 Å². The minimum absolute atomic E-state index is 0.108. The predicted molar refractivity (Wildman–Crippen MR) is 122 cm³/mol. The van der Waals surface area contributed by atoms with Gasteiger partial charge in [0.15, 0.2) is 0 Å². The van der Waals surface area contributed by atoms with Crippen LogP contribution in [0.5, 0.6) is 0 Å². The van der Waals surface area contributed by atoms with Crippen LogP contribution in [0.25, 0.3) is 23.3 Å². The van der Waals surface area contributed by atoms with E-state index in [-0.39, 0.29) is 11.6 Å². The molecule has 0 bridgehead atoms. The molecule has 10 heteroatoms. The van der Waals surface area contributed by atoms with Crippen molar-refractivity contribution in [2.45, 2.75) is 39.0 Å². The van der Waals surface area contributed by atoms with E-state index in [1.807, 2.05) is 21.9 Å². The lowest BCUT2D eigenvalue weighted by atomic mass is 10.1. The lowest BCUT2D eigenvalue weighted by Crippen LogP contribution is -2.44. The molecule has 31 heavy (non-hydrogen) atoms. The number of nitrogens with two attached hydrogens (primary N) is 1. The molecule has 0 saturated carbocycles. The van der Waals surface area contributed by atoms with E-state index >= 15 is 0 Å². The number of piperidine rings is 1. The summed E-state index contributed by atoms with van der Waals surface area (Å²) in [5.74, 6) is 6.76. The van der Waals surface area contributed by atoms with Crippen molar-refractivity contribution in [1.29, 1.82) is 0 Å². The van der Waals surface area contributed by atoms with Gasteiger partial charge in [-0.2, -0.15) is 9.47 Å². The number of fused-ring (bicyclic) bond motifs is 2. The molecule has 0 aliphatic carbocycles. The number of nitrogens with zero attached hydrogens (tertiary/aromatic N) is 7. The normalized spacial score (nSPS) is 18.2. The van der Waals surface area contributed by atoms with Crippen molar-refractivity contribution < 1.29 is 0 Å². The highest BCUT2D eigenvalue weighted by Gasteiger charge is 2.24. The van der Waals surface area contributed by atoms with E-state index in [4.69, 9.17) is 10.7 Å². The van der Waals surface area contributed by atoms with Crippen LogP contribution >= 0.6 is 11.5 Å². The Labute approximate surface area is 183 Å². The molecule has 0 amide bonds. The molecule has 0 radical (unpaired) electrons. The third-order valence-corrected chi connectivity index (χ3v) is 6.47. The Morgan fingerprint density at radius 2 is 2.26 bits per heavy atom. The Bertz CT molecular complexity index is 1360. The average molecular weight is 437 g/mol. The van der Waals surface area contributed by atoms with Gasteiger partial charge in [-0.25, -0.2) is 9.67 Å². The van der Waals surface area contributed by atoms with Gasteiger partial charge < -0.3 is 15.5 Å². The lowest BCUT2D eigenvalue weighted by Gasteiger charge is -2.31. The highest BCUT2D eigenvalue weighted by molar-refractivity contribution is 7.03. The number of imidazole rings is 1. The van der Waals surface area contributed by atoms with Crippen LogP contribution in [-0.2, 0) is 13.2 Å². The number of hydrogen-bond donors (Lipinski definition) is 1. The molecule has 160 valence electrons. The molecular formula is C21H24N8OS. The van der Waals surface area contributed by atoms with E-state index in [9.17, 15) is 4.79 Å². The van der Waals surface area contributed by atoms with Crippen molar-refractivity contribution in [1.82, 2.24) is 28.6 Å². The van der Waals surface area contributed by atoms with Gasteiger partial charge in [0.25, 0.3) is 5.56 Å². The Kier molecular flexibility index (Phi) is 5.21. The highest BCUT2D eigenvalue weighted by atomic mass is 32.1. The molecule has 2 N–H and O–H groups in total. The van der Waals surface area contributed by atoms with Crippen LogP contribution in [0.3, 0.4) is 0 Å². The van der Waals surface area contributed by atoms with E-state index in [2.05, 4.69) is 32.3 Å². The van der Waals surface area contributed by atoms with E-state index < -0.39 is 0 Å². The molecule has 5 rings (SSSR count). The molecule has 3 aromatic heterocycles.